The molecule has 48 nitrogen and oxygen atoms in total. The van der Waals surface area contributed by atoms with Crippen LogP contribution in [0.15, 0.2) is 203 Å². The van der Waals surface area contributed by atoms with E-state index in [-0.39, 0.29) is 68.9 Å². The van der Waals surface area contributed by atoms with Gasteiger partial charge in [0.15, 0.2) is 39.9 Å². The van der Waals surface area contributed by atoms with Crippen LogP contribution in [0.1, 0.15) is 73.4 Å². The van der Waals surface area contributed by atoms with E-state index in [4.69, 9.17) is 51.8 Å². The molecule has 0 unspecified atom stereocenters. The van der Waals surface area contributed by atoms with Crippen molar-refractivity contribution >= 4 is 129 Å². The zero-order valence-electron chi connectivity index (χ0n) is 60.3. The summed E-state index contributed by atoms with van der Waals surface area (Å²) >= 11 is 0. The van der Waals surface area contributed by atoms with Crippen LogP contribution in [0.25, 0.3) is 4.85 Å². The fraction of sp³-hybridized carbons (Fsp3) is 0.0290. The Balaban J connectivity index is 0.000000173. The third-order valence-electron chi connectivity index (χ3n) is 13.3. The fourth-order valence-corrected chi connectivity index (χ4v) is 8.09. The SMILES string of the molecule is COc1ccc(Nc2cc(C(=O)O)ncn2)cn1.COc1ncccc1Nc1cc(C(=O)O)ncn1.O=C(O)c1cc(Nc2ccc(F)nc2)ncn1.O=C(O)c1cc(Nc2ccccn2)ncn1.O=C(O)c1cc(Nc2cccnc2F)ncn1.O=C(O)c1cc(Nc2nn[nH]n2)ncn1.[C-]#[N+]c1ccc(Nc2cc(C(=O)O)ncn2)cn1. The van der Waals surface area contributed by atoms with Gasteiger partial charge in [-0.3, -0.25) is 0 Å². The molecule has 0 aliphatic rings. The normalized spacial score (nSPS) is 9.81. The molecule has 0 aromatic carbocycles. The number of carboxylic acids is 7. The number of aromatic nitrogens is 24. The predicted octanol–water partition coefficient (Wildman–Crippen LogP) is 8.16. The molecular weight excluding hydrogens is 1570 g/mol. The fourth-order valence-electron chi connectivity index (χ4n) is 8.09. The van der Waals surface area contributed by atoms with Crippen molar-refractivity contribution in [2.24, 2.45) is 0 Å². The molecule has 14 rings (SSSR count). The Labute approximate surface area is 663 Å². The van der Waals surface area contributed by atoms with Gasteiger partial charge in [0.1, 0.15) is 103 Å². The average Bonchev–Trinajstić information content (AvgIpc) is 1.56. The Hall–Kier alpha value is -18.6. The summed E-state index contributed by atoms with van der Waals surface area (Å²) in [6.07, 6.45) is 16.9. The highest BCUT2D eigenvalue weighted by Crippen LogP contribution is 2.25. The molecule has 14 heterocycles. The number of H-pyrrole nitrogens is 1. The van der Waals surface area contributed by atoms with Gasteiger partial charge >= 0.3 is 41.8 Å². The molecule has 0 saturated heterocycles. The van der Waals surface area contributed by atoms with Crippen molar-refractivity contribution in [2.75, 3.05) is 51.4 Å². The number of halogens is 2. The zero-order valence-corrected chi connectivity index (χ0v) is 60.3. The zero-order chi connectivity index (χ0) is 85.4. The Morgan fingerprint density at radius 2 is 0.739 bits per heavy atom. The average molecular weight is 1630 g/mol. The molecule has 0 aliphatic heterocycles. The van der Waals surface area contributed by atoms with Gasteiger partial charge in [0.25, 0.3) is 11.8 Å². The first kappa shape index (κ1) is 86.0. The maximum absolute atomic E-state index is 13.2. The Bertz CT molecular complexity index is 5810. The summed E-state index contributed by atoms with van der Waals surface area (Å²) in [5.74, 6) is -4.96. The number of ether oxygens (including phenoxy) is 2. The molecule has 14 aromatic heterocycles. The Morgan fingerprint density at radius 1 is 0.361 bits per heavy atom. The minimum atomic E-state index is -1.18. The van der Waals surface area contributed by atoms with E-state index in [0.717, 1.165) is 25.3 Å². The lowest BCUT2D eigenvalue weighted by molar-refractivity contribution is 0.0679. The van der Waals surface area contributed by atoms with Gasteiger partial charge < -0.3 is 87.3 Å². The van der Waals surface area contributed by atoms with Gasteiger partial charge in [0.05, 0.1) is 49.4 Å². The first-order chi connectivity index (χ1) is 57.4. The van der Waals surface area contributed by atoms with Crippen molar-refractivity contribution < 1.29 is 87.6 Å². The number of nitrogens with zero attached hydrogens (tertiary/aromatic N) is 24. The van der Waals surface area contributed by atoms with Crippen LogP contribution in [-0.4, -0.2) is 212 Å². The lowest BCUT2D eigenvalue weighted by Gasteiger charge is -2.08. The second-order valence-electron chi connectivity index (χ2n) is 21.4. The monoisotopic (exact) mass is 1620 g/mol. The number of aromatic amines is 1. The maximum atomic E-state index is 13.2. The number of anilines is 14. The van der Waals surface area contributed by atoms with Gasteiger partial charge in [0, 0.05) is 67.1 Å². The van der Waals surface area contributed by atoms with Crippen LogP contribution in [-0.2, 0) is 0 Å². The Kier molecular flexibility index (Phi) is 32.0. The van der Waals surface area contributed by atoms with Crippen LogP contribution < -0.4 is 46.7 Å². The number of hydrogen-bond donors (Lipinski definition) is 15. The molecule has 0 radical (unpaired) electrons. The molecule has 15 N–H and O–H groups in total. The number of hydrogen-bond acceptors (Lipinski definition) is 39. The number of rotatable bonds is 23. The van der Waals surface area contributed by atoms with Crippen molar-refractivity contribution in [1.29, 1.82) is 0 Å². The van der Waals surface area contributed by atoms with Crippen LogP contribution in [0.4, 0.5) is 95.5 Å². The quantitative estimate of drug-likeness (QED) is 0.0212. The summed E-state index contributed by atoms with van der Waals surface area (Å²) in [5.41, 5.74) is 1.75. The molecule has 0 spiro atoms. The smallest absolute Gasteiger partial charge is 0.354 e. The summed E-state index contributed by atoms with van der Waals surface area (Å²) < 4.78 is 35.7. The predicted molar refractivity (Wildman–Crippen MR) is 405 cm³/mol. The molecule has 14 aromatic rings. The highest BCUT2D eigenvalue weighted by molar-refractivity contribution is 5.89. The lowest BCUT2D eigenvalue weighted by atomic mass is 10.3. The largest absolute Gasteiger partial charge is 0.481 e. The summed E-state index contributed by atoms with van der Waals surface area (Å²) in [6.45, 7) is 6.77. The highest BCUT2D eigenvalue weighted by Gasteiger charge is 2.15. The molecule has 0 saturated carbocycles. The van der Waals surface area contributed by atoms with Crippen molar-refractivity contribution in [3.63, 3.8) is 0 Å². The van der Waals surface area contributed by atoms with Gasteiger partial charge in [-0.2, -0.15) is 14.0 Å². The van der Waals surface area contributed by atoms with Crippen molar-refractivity contribution in [2.45, 2.75) is 0 Å². The number of methoxy groups -OCH3 is 2. The number of aromatic carboxylic acids is 7. The lowest BCUT2D eigenvalue weighted by Crippen LogP contribution is -2.04. The highest BCUT2D eigenvalue weighted by atomic mass is 19.1. The first-order valence-corrected chi connectivity index (χ1v) is 32.4. The molecule has 600 valence electrons. The maximum Gasteiger partial charge on any atom is 0.354 e. The minimum absolute atomic E-state index is 0.0616. The summed E-state index contributed by atoms with van der Waals surface area (Å²) in [4.78, 5) is 153. The molecule has 0 aliphatic carbocycles. The van der Waals surface area contributed by atoms with E-state index in [1.54, 1.807) is 73.2 Å². The van der Waals surface area contributed by atoms with Crippen LogP contribution >= 0.6 is 0 Å². The Morgan fingerprint density at radius 3 is 1.08 bits per heavy atom. The van der Waals surface area contributed by atoms with Crippen molar-refractivity contribution in [1.82, 2.24) is 120 Å². The van der Waals surface area contributed by atoms with E-state index in [2.05, 4.69) is 162 Å². The molecule has 0 bridgehead atoms. The van der Waals surface area contributed by atoms with Crippen LogP contribution in [0, 0.1) is 18.5 Å². The molecule has 0 amide bonds. The second kappa shape index (κ2) is 44.3. The van der Waals surface area contributed by atoms with Crippen molar-refractivity contribution in [3.8, 4) is 11.8 Å². The van der Waals surface area contributed by atoms with Gasteiger partial charge in [-0.15, -0.1) is 10.1 Å². The second-order valence-corrected chi connectivity index (χ2v) is 21.4. The van der Waals surface area contributed by atoms with Crippen LogP contribution in [0.2, 0.25) is 0 Å². The summed E-state index contributed by atoms with van der Waals surface area (Å²) in [6, 6.07) is 30.2. The van der Waals surface area contributed by atoms with Gasteiger partial charge in [-0.1, -0.05) is 17.7 Å². The number of tetrazole rings is 1. The minimum Gasteiger partial charge on any atom is -0.481 e. The van der Waals surface area contributed by atoms with Gasteiger partial charge in [0.2, 0.25) is 23.7 Å². The first-order valence-electron chi connectivity index (χ1n) is 32.4. The molecule has 119 heavy (non-hydrogen) atoms. The number of carbonyl (C=O) groups is 7. The van der Waals surface area contributed by atoms with E-state index in [1.807, 2.05) is 6.07 Å². The number of nitrogens with one attached hydrogen (secondary N) is 8. The van der Waals surface area contributed by atoms with E-state index in [1.165, 1.54) is 112 Å². The van der Waals surface area contributed by atoms with Crippen LogP contribution in [0.5, 0.6) is 11.8 Å². The van der Waals surface area contributed by atoms with Crippen LogP contribution in [0.3, 0.4) is 0 Å². The summed E-state index contributed by atoms with van der Waals surface area (Å²) in [5, 5.41) is 93.7. The molecule has 0 atom stereocenters. The van der Waals surface area contributed by atoms with Gasteiger partial charge in [-0.05, 0) is 71.9 Å². The van der Waals surface area contributed by atoms with E-state index < -0.39 is 53.7 Å². The van der Waals surface area contributed by atoms with Crippen molar-refractivity contribution in [3.05, 3.63) is 266 Å². The van der Waals surface area contributed by atoms with Gasteiger partial charge in [-0.25, -0.2) is 128 Å². The van der Waals surface area contributed by atoms with E-state index in [0.29, 0.717) is 69.4 Å². The number of carboxylic acid groups (broad SMARTS) is 7. The van der Waals surface area contributed by atoms with E-state index >= 15 is 0 Å². The third-order valence-corrected chi connectivity index (χ3v) is 13.3. The summed E-state index contributed by atoms with van der Waals surface area (Å²) in [7, 11) is 3.02. The molecule has 50 heteroatoms. The number of pyridine rings is 6. The van der Waals surface area contributed by atoms with E-state index in [9.17, 15) is 42.3 Å². The topological polar surface area (TPSA) is 680 Å². The standard InChI is InChI=1S/C11H7N5O2.2C11H10N4O3.2C10H7FN4O2.C10H8N4O2.C6H5N7O2/c1-12-9-3-2-7(5-13-9)16-10-4-8(11(17)18)14-6-15-10;1-18-10-3-2-7(5-12-10)15-9-4-8(11(16)17)13-6-14-9;1-18-10-7(3-2-4-12-10)15-9-5-8(11(16)17)13-6-14-9;11-8-2-1-6(4-12-8)15-9-3-7(10(16)17)13-5-14-9;11-9-6(2-1-3-12-9)15-8-4-7(10(16)17)13-5-14-8;15-10(16)7-5-9(13-6-12-7)14-8-3-1-2-4-11-8;14-5(15)3-1-4(8-2-7-3)9-6-10-12-13-11-6/h2-6H,(H,17,18)(H,14,15,16);2*2-6H,1H3,(H,16,17)(H,13,14,15);2*1-5H,(H,16,17)(H,13,14,15);1-6H,(H,15,16)(H,11,12,13,14);1-2H,(H,14,15)(H2,7,8,9,10,11,12,13). The molecule has 0 fully saturated rings. The molecular formula is C69H54F2N32O16. The third kappa shape index (κ3) is 29.0.